The highest BCUT2D eigenvalue weighted by atomic mass is 35.5. The first-order valence-electron chi connectivity index (χ1n) is 9.64. The van der Waals surface area contributed by atoms with Gasteiger partial charge in [-0.2, -0.15) is 0 Å². The van der Waals surface area contributed by atoms with Gasteiger partial charge in [-0.15, -0.1) is 11.8 Å². The van der Waals surface area contributed by atoms with Gasteiger partial charge in [-0.1, -0.05) is 54.1 Å². The molecule has 0 radical (unpaired) electrons. The van der Waals surface area contributed by atoms with Gasteiger partial charge in [0.15, 0.2) is 0 Å². The van der Waals surface area contributed by atoms with Gasteiger partial charge in [0.2, 0.25) is 5.91 Å². The van der Waals surface area contributed by atoms with Crippen LogP contribution in [0.1, 0.15) is 32.4 Å². The zero-order chi connectivity index (χ0) is 21.1. The number of para-hydroxylation sites is 1. The van der Waals surface area contributed by atoms with E-state index in [1.807, 2.05) is 84.6 Å². The Hall–Kier alpha value is -2.76. The van der Waals surface area contributed by atoms with Gasteiger partial charge >= 0.3 is 0 Å². The van der Waals surface area contributed by atoms with Crippen LogP contribution in [0.2, 0.25) is 5.02 Å². The van der Waals surface area contributed by atoms with E-state index < -0.39 is 0 Å². The number of amides is 2. The lowest BCUT2D eigenvalue weighted by Gasteiger charge is -2.24. The molecule has 0 bridgehead atoms. The molecule has 152 valence electrons. The zero-order valence-electron chi connectivity index (χ0n) is 16.5. The van der Waals surface area contributed by atoms with E-state index in [1.165, 1.54) is 0 Å². The van der Waals surface area contributed by atoms with Crippen molar-refractivity contribution in [2.75, 3.05) is 11.1 Å². The van der Waals surface area contributed by atoms with E-state index in [0.717, 1.165) is 22.4 Å². The average molecular weight is 437 g/mol. The van der Waals surface area contributed by atoms with Gasteiger partial charge in [0.05, 0.1) is 5.75 Å². The maximum Gasteiger partial charge on any atom is 0.255 e. The molecular weight excluding hydrogens is 416 g/mol. The van der Waals surface area contributed by atoms with E-state index in [0.29, 0.717) is 22.9 Å². The number of nitrogens with one attached hydrogen (secondary N) is 1. The van der Waals surface area contributed by atoms with Crippen molar-refractivity contribution < 1.29 is 9.59 Å². The van der Waals surface area contributed by atoms with Crippen LogP contribution in [0.4, 0.5) is 5.69 Å². The van der Waals surface area contributed by atoms with Crippen LogP contribution in [-0.4, -0.2) is 22.5 Å². The maximum absolute atomic E-state index is 12.6. The van der Waals surface area contributed by atoms with Crippen molar-refractivity contribution in [2.45, 2.75) is 18.8 Å². The van der Waals surface area contributed by atoms with Crippen LogP contribution >= 0.6 is 23.4 Å². The third kappa shape index (κ3) is 4.53. The highest BCUT2D eigenvalue weighted by molar-refractivity contribution is 8.00. The number of carbonyl (C=O) groups excluding carboxylic acids is 2. The average Bonchev–Trinajstić information content (AvgIpc) is 3.11. The quantitative estimate of drug-likeness (QED) is 0.560. The Balaban J connectivity index is 1.48. The van der Waals surface area contributed by atoms with Gasteiger partial charge in [0.25, 0.3) is 5.91 Å². The fourth-order valence-corrected chi connectivity index (χ4v) is 4.71. The third-order valence-corrected chi connectivity index (χ3v) is 6.59. The van der Waals surface area contributed by atoms with Crippen LogP contribution in [0.5, 0.6) is 0 Å². The summed E-state index contributed by atoms with van der Waals surface area (Å²) in [6.07, 6.45) is 0. The monoisotopic (exact) mass is 436 g/mol. The molecule has 0 saturated carbocycles. The number of rotatable bonds is 5. The molecule has 1 aliphatic rings. The van der Waals surface area contributed by atoms with Gasteiger partial charge in [-0.25, -0.2) is 0 Å². The minimum atomic E-state index is -0.149. The summed E-state index contributed by atoms with van der Waals surface area (Å²) in [5.41, 5.74) is 4.45. The van der Waals surface area contributed by atoms with E-state index in [1.54, 1.807) is 11.8 Å². The second kappa shape index (κ2) is 8.94. The van der Waals surface area contributed by atoms with E-state index >= 15 is 0 Å². The van der Waals surface area contributed by atoms with Gasteiger partial charge in [0.1, 0.15) is 5.37 Å². The normalized spacial score (nSPS) is 16.0. The molecule has 4 nitrogen and oxygen atoms in total. The molecule has 1 aliphatic heterocycles. The lowest BCUT2D eigenvalue weighted by Crippen LogP contribution is -2.27. The molecule has 1 saturated heterocycles. The Labute approximate surface area is 185 Å². The molecule has 1 N–H and O–H groups in total. The fourth-order valence-electron chi connectivity index (χ4n) is 3.39. The molecule has 0 spiro atoms. The summed E-state index contributed by atoms with van der Waals surface area (Å²) in [6.45, 7) is 2.49. The van der Waals surface area contributed by atoms with Crippen LogP contribution in [0.25, 0.3) is 0 Å². The number of anilines is 1. The Bertz CT molecular complexity index is 1070. The maximum atomic E-state index is 12.6. The molecule has 0 aromatic heterocycles. The number of hydrogen-bond acceptors (Lipinski definition) is 3. The summed E-state index contributed by atoms with van der Waals surface area (Å²) in [6, 6.07) is 22.7. The molecule has 4 rings (SSSR count). The summed E-state index contributed by atoms with van der Waals surface area (Å²) in [5, 5.41) is 3.56. The van der Waals surface area contributed by atoms with Crippen LogP contribution in [0, 0.1) is 6.92 Å². The van der Waals surface area contributed by atoms with Crippen molar-refractivity contribution in [3.05, 3.63) is 100 Å². The molecule has 0 unspecified atom stereocenters. The standard InChI is InChI=1S/C24H21ClN2O2S/c1-16-4-2-3-5-21(16)26-23(29)18-8-10-19(11-9-18)24-27(22(28)15-30-24)14-17-6-12-20(25)13-7-17/h2-13,24H,14-15H2,1H3,(H,26,29)/t24-/m0/s1. The molecule has 1 atom stereocenters. The van der Waals surface area contributed by atoms with Crippen molar-refractivity contribution >= 4 is 40.9 Å². The number of halogens is 1. The Morgan fingerprint density at radius 1 is 1.07 bits per heavy atom. The van der Waals surface area contributed by atoms with Crippen LogP contribution in [-0.2, 0) is 11.3 Å². The van der Waals surface area contributed by atoms with E-state index in [9.17, 15) is 9.59 Å². The fraction of sp³-hybridized carbons (Fsp3) is 0.167. The predicted octanol–water partition coefficient (Wildman–Crippen LogP) is 5.67. The van der Waals surface area contributed by atoms with Crippen molar-refractivity contribution in [3.8, 4) is 0 Å². The predicted molar refractivity (Wildman–Crippen MR) is 123 cm³/mol. The van der Waals surface area contributed by atoms with Crippen molar-refractivity contribution in [3.63, 3.8) is 0 Å². The number of aryl methyl sites for hydroxylation is 1. The lowest BCUT2D eigenvalue weighted by atomic mass is 10.1. The molecule has 1 heterocycles. The van der Waals surface area contributed by atoms with Gasteiger partial charge in [0, 0.05) is 22.8 Å². The van der Waals surface area contributed by atoms with E-state index in [2.05, 4.69) is 5.32 Å². The molecule has 3 aromatic carbocycles. The first kappa shape index (κ1) is 20.5. The Kier molecular flexibility index (Phi) is 6.11. The highest BCUT2D eigenvalue weighted by Gasteiger charge is 2.32. The molecule has 3 aromatic rings. The number of hydrogen-bond donors (Lipinski definition) is 1. The summed E-state index contributed by atoms with van der Waals surface area (Å²) in [7, 11) is 0. The van der Waals surface area contributed by atoms with Crippen molar-refractivity contribution in [1.82, 2.24) is 4.90 Å². The van der Waals surface area contributed by atoms with Crippen LogP contribution in [0.3, 0.4) is 0 Å². The smallest absolute Gasteiger partial charge is 0.255 e. The van der Waals surface area contributed by atoms with E-state index in [-0.39, 0.29) is 17.2 Å². The summed E-state index contributed by atoms with van der Waals surface area (Å²) in [4.78, 5) is 26.9. The molecule has 6 heteroatoms. The summed E-state index contributed by atoms with van der Waals surface area (Å²) < 4.78 is 0. The molecule has 2 amide bonds. The van der Waals surface area contributed by atoms with Gasteiger partial charge < -0.3 is 10.2 Å². The molecule has 30 heavy (non-hydrogen) atoms. The lowest BCUT2D eigenvalue weighted by molar-refractivity contribution is -0.128. The first-order chi connectivity index (χ1) is 14.5. The third-order valence-electron chi connectivity index (χ3n) is 5.09. The Morgan fingerprint density at radius 3 is 2.47 bits per heavy atom. The number of thioether (sulfide) groups is 1. The minimum Gasteiger partial charge on any atom is -0.322 e. The largest absolute Gasteiger partial charge is 0.322 e. The van der Waals surface area contributed by atoms with Gasteiger partial charge in [-0.3, -0.25) is 9.59 Å². The summed E-state index contributed by atoms with van der Waals surface area (Å²) in [5.74, 6) is 0.415. The topological polar surface area (TPSA) is 49.4 Å². The molecule has 0 aliphatic carbocycles. The van der Waals surface area contributed by atoms with Crippen molar-refractivity contribution in [2.24, 2.45) is 0 Å². The number of carbonyl (C=O) groups is 2. The number of benzene rings is 3. The van der Waals surface area contributed by atoms with Gasteiger partial charge in [-0.05, 0) is 53.9 Å². The zero-order valence-corrected chi connectivity index (χ0v) is 18.0. The highest BCUT2D eigenvalue weighted by Crippen LogP contribution is 2.39. The van der Waals surface area contributed by atoms with Crippen molar-refractivity contribution in [1.29, 1.82) is 0 Å². The first-order valence-corrected chi connectivity index (χ1v) is 11.1. The minimum absolute atomic E-state index is 0.0679. The Morgan fingerprint density at radius 2 is 1.77 bits per heavy atom. The second-order valence-corrected chi connectivity index (χ2v) is 8.71. The molecule has 1 fully saturated rings. The molecular formula is C24H21ClN2O2S. The van der Waals surface area contributed by atoms with Crippen LogP contribution in [0.15, 0.2) is 72.8 Å². The SMILES string of the molecule is Cc1ccccc1NC(=O)c1ccc([C@@H]2SCC(=O)N2Cc2ccc(Cl)cc2)cc1. The van der Waals surface area contributed by atoms with E-state index in [4.69, 9.17) is 11.6 Å². The van der Waals surface area contributed by atoms with Crippen LogP contribution < -0.4 is 5.32 Å². The summed E-state index contributed by atoms with van der Waals surface area (Å²) >= 11 is 7.57. The number of nitrogens with zero attached hydrogens (tertiary/aromatic N) is 1. The second-order valence-electron chi connectivity index (χ2n) is 7.20.